The number of nitrogens with zero attached hydrogens (tertiary/aromatic N) is 1. The Hall–Kier alpha value is -0.940. The summed E-state index contributed by atoms with van der Waals surface area (Å²) in [5.41, 5.74) is 1.44. The third kappa shape index (κ3) is 2.07. The Labute approximate surface area is 126 Å². The molecule has 0 unspecified atom stereocenters. The smallest absolute Gasteiger partial charge is 0.263 e. The lowest BCUT2D eigenvalue weighted by atomic mass is 9.97. The zero-order valence-electron chi connectivity index (χ0n) is 11.4. The number of H-pyrrole nitrogens is 1. The summed E-state index contributed by atoms with van der Waals surface area (Å²) in [6.45, 7) is 0.777. The second-order valence-corrected chi connectivity index (χ2v) is 7.53. The van der Waals surface area contributed by atoms with Crippen molar-refractivity contribution in [2.75, 3.05) is 0 Å². The van der Waals surface area contributed by atoms with Gasteiger partial charge in [-0.2, -0.15) is 0 Å². The Balaban J connectivity index is 1.87. The van der Waals surface area contributed by atoms with Crippen LogP contribution in [0.15, 0.2) is 4.79 Å². The van der Waals surface area contributed by atoms with Crippen LogP contribution in [0.3, 0.4) is 0 Å². The van der Waals surface area contributed by atoms with Gasteiger partial charge in [0, 0.05) is 11.4 Å². The van der Waals surface area contributed by atoms with Crippen molar-refractivity contribution >= 4 is 33.8 Å². The zero-order chi connectivity index (χ0) is 13.7. The molecule has 0 radical (unpaired) electrons. The van der Waals surface area contributed by atoms with Crippen LogP contribution in [0.4, 0.5) is 0 Å². The molecule has 2 heterocycles. The van der Waals surface area contributed by atoms with Crippen molar-refractivity contribution in [3.8, 4) is 0 Å². The van der Waals surface area contributed by atoms with Gasteiger partial charge in [0.15, 0.2) is 4.77 Å². The first-order valence-corrected chi connectivity index (χ1v) is 8.74. The molecule has 5 heteroatoms. The van der Waals surface area contributed by atoms with E-state index in [1.165, 1.54) is 36.1 Å². The number of nitrogens with one attached hydrogen (secondary N) is 1. The summed E-state index contributed by atoms with van der Waals surface area (Å²) in [7, 11) is 0. The van der Waals surface area contributed by atoms with Gasteiger partial charge in [-0.15, -0.1) is 11.3 Å². The van der Waals surface area contributed by atoms with Crippen molar-refractivity contribution in [2.24, 2.45) is 5.92 Å². The maximum atomic E-state index is 12.8. The minimum Gasteiger partial charge on any atom is -0.323 e. The molecular formula is C15H18N2OS2. The third-order valence-electron chi connectivity index (χ3n) is 4.55. The number of aromatic amines is 1. The highest BCUT2D eigenvalue weighted by atomic mass is 32.1. The molecule has 2 aliphatic rings. The van der Waals surface area contributed by atoms with Gasteiger partial charge in [-0.05, 0) is 55.8 Å². The lowest BCUT2D eigenvalue weighted by molar-refractivity contribution is 0.571. The van der Waals surface area contributed by atoms with Crippen LogP contribution in [0, 0.1) is 10.7 Å². The van der Waals surface area contributed by atoms with E-state index in [1.807, 2.05) is 0 Å². The van der Waals surface area contributed by atoms with E-state index in [9.17, 15) is 4.79 Å². The van der Waals surface area contributed by atoms with E-state index in [0.29, 0.717) is 4.77 Å². The minimum absolute atomic E-state index is 0.142. The lowest BCUT2D eigenvalue weighted by Gasteiger charge is -2.10. The first-order chi connectivity index (χ1) is 9.74. The molecule has 0 spiro atoms. The van der Waals surface area contributed by atoms with E-state index in [1.54, 1.807) is 15.9 Å². The number of thiophene rings is 1. The molecule has 20 heavy (non-hydrogen) atoms. The Morgan fingerprint density at radius 3 is 2.90 bits per heavy atom. The number of hydrogen-bond donors (Lipinski definition) is 1. The third-order valence-corrected chi connectivity index (χ3v) is 6.08. The normalized spacial score (nSPS) is 18.4. The van der Waals surface area contributed by atoms with E-state index in [0.717, 1.165) is 41.9 Å². The van der Waals surface area contributed by atoms with Gasteiger partial charge >= 0.3 is 0 Å². The Bertz CT molecular complexity index is 779. The first-order valence-electron chi connectivity index (χ1n) is 7.51. The number of rotatable bonds is 3. The Kier molecular flexibility index (Phi) is 3.07. The monoisotopic (exact) mass is 306 g/mol. The van der Waals surface area contributed by atoms with Crippen LogP contribution >= 0.6 is 23.6 Å². The summed E-state index contributed by atoms with van der Waals surface area (Å²) in [6.07, 6.45) is 8.36. The molecule has 0 aliphatic heterocycles. The van der Waals surface area contributed by atoms with Gasteiger partial charge in [0.25, 0.3) is 5.56 Å². The highest BCUT2D eigenvalue weighted by molar-refractivity contribution is 7.71. The average molecular weight is 306 g/mol. The first kappa shape index (κ1) is 12.8. The molecule has 2 aromatic heterocycles. The standard InChI is InChI=1S/C15H18N2OS2/c18-14-12-10-3-1-2-4-11(10)20-13(12)16-15(19)17(14)8-7-9-5-6-9/h9H,1-8H2,(H,16,19). The maximum absolute atomic E-state index is 12.8. The minimum atomic E-state index is 0.142. The molecule has 2 aliphatic carbocycles. The summed E-state index contributed by atoms with van der Waals surface area (Å²) in [4.78, 5) is 18.5. The molecular weight excluding hydrogens is 288 g/mol. The summed E-state index contributed by atoms with van der Waals surface area (Å²) in [5.74, 6) is 0.823. The van der Waals surface area contributed by atoms with Crippen LogP contribution in [0.25, 0.3) is 10.2 Å². The largest absolute Gasteiger partial charge is 0.323 e. The molecule has 0 atom stereocenters. The molecule has 1 saturated carbocycles. The lowest BCUT2D eigenvalue weighted by Crippen LogP contribution is -2.23. The molecule has 3 nitrogen and oxygen atoms in total. The van der Waals surface area contributed by atoms with Crippen molar-refractivity contribution in [3.05, 3.63) is 25.6 Å². The highest BCUT2D eigenvalue weighted by Crippen LogP contribution is 2.34. The van der Waals surface area contributed by atoms with E-state index in [4.69, 9.17) is 12.2 Å². The van der Waals surface area contributed by atoms with Gasteiger partial charge in [-0.25, -0.2) is 0 Å². The summed E-state index contributed by atoms with van der Waals surface area (Å²) >= 11 is 7.13. The van der Waals surface area contributed by atoms with Crippen LogP contribution in [-0.4, -0.2) is 9.55 Å². The van der Waals surface area contributed by atoms with Crippen molar-refractivity contribution in [3.63, 3.8) is 0 Å². The topological polar surface area (TPSA) is 37.8 Å². The fourth-order valence-electron chi connectivity index (χ4n) is 3.19. The molecule has 0 amide bonds. The van der Waals surface area contributed by atoms with Gasteiger partial charge in [-0.3, -0.25) is 9.36 Å². The van der Waals surface area contributed by atoms with Crippen LogP contribution in [0.2, 0.25) is 0 Å². The van der Waals surface area contributed by atoms with Crippen molar-refractivity contribution < 1.29 is 0 Å². The van der Waals surface area contributed by atoms with Crippen molar-refractivity contribution in [1.29, 1.82) is 0 Å². The number of aryl methyl sites for hydroxylation is 2. The number of aromatic nitrogens is 2. The van der Waals surface area contributed by atoms with Crippen LogP contribution in [0.1, 0.15) is 42.5 Å². The predicted octanol–water partition coefficient (Wildman–Crippen LogP) is 3.80. The van der Waals surface area contributed by atoms with Gasteiger partial charge in [0.1, 0.15) is 4.83 Å². The molecule has 1 N–H and O–H groups in total. The fourth-order valence-corrected chi connectivity index (χ4v) is 4.81. The number of hydrogen-bond acceptors (Lipinski definition) is 3. The molecule has 0 saturated heterocycles. The van der Waals surface area contributed by atoms with Crippen LogP contribution in [0.5, 0.6) is 0 Å². The number of fused-ring (bicyclic) bond motifs is 3. The molecule has 4 rings (SSSR count). The second-order valence-electron chi connectivity index (χ2n) is 6.03. The summed E-state index contributed by atoms with van der Waals surface area (Å²) in [6, 6.07) is 0. The summed E-state index contributed by atoms with van der Waals surface area (Å²) in [5, 5.41) is 0.925. The molecule has 106 valence electrons. The zero-order valence-corrected chi connectivity index (χ0v) is 13.0. The second kappa shape index (κ2) is 4.81. The average Bonchev–Trinajstić information content (AvgIpc) is 3.17. The summed E-state index contributed by atoms with van der Waals surface area (Å²) < 4.78 is 2.39. The van der Waals surface area contributed by atoms with E-state index in [2.05, 4.69) is 4.98 Å². The fraction of sp³-hybridized carbons (Fsp3) is 0.600. The van der Waals surface area contributed by atoms with Gasteiger partial charge in [0.2, 0.25) is 0 Å². The van der Waals surface area contributed by atoms with Crippen LogP contribution < -0.4 is 5.56 Å². The highest BCUT2D eigenvalue weighted by Gasteiger charge is 2.23. The van der Waals surface area contributed by atoms with Crippen molar-refractivity contribution in [2.45, 2.75) is 51.5 Å². The van der Waals surface area contributed by atoms with Crippen molar-refractivity contribution in [1.82, 2.24) is 9.55 Å². The SMILES string of the molecule is O=c1c2c3c(sc2[nH]c(=S)n1CCC1CC1)CCCC3. The van der Waals surface area contributed by atoms with E-state index >= 15 is 0 Å². The Morgan fingerprint density at radius 1 is 1.30 bits per heavy atom. The predicted molar refractivity (Wildman–Crippen MR) is 85.3 cm³/mol. The Morgan fingerprint density at radius 2 is 2.10 bits per heavy atom. The van der Waals surface area contributed by atoms with Gasteiger partial charge in [0.05, 0.1) is 5.39 Å². The van der Waals surface area contributed by atoms with Gasteiger partial charge < -0.3 is 4.98 Å². The quantitative estimate of drug-likeness (QED) is 0.876. The van der Waals surface area contributed by atoms with Gasteiger partial charge in [-0.1, -0.05) is 12.8 Å². The molecule has 0 bridgehead atoms. The molecule has 2 aromatic rings. The maximum Gasteiger partial charge on any atom is 0.263 e. The molecule has 1 fully saturated rings. The van der Waals surface area contributed by atoms with E-state index < -0.39 is 0 Å². The van der Waals surface area contributed by atoms with E-state index in [-0.39, 0.29) is 5.56 Å². The molecule has 0 aromatic carbocycles. The van der Waals surface area contributed by atoms with Crippen LogP contribution in [-0.2, 0) is 19.4 Å².